The lowest BCUT2D eigenvalue weighted by Gasteiger charge is -2.17. The molecule has 4 aromatic rings. The van der Waals surface area contributed by atoms with Crippen LogP contribution < -0.4 is 10.1 Å². The first-order valence-electron chi connectivity index (χ1n) is 12.9. The highest BCUT2D eigenvalue weighted by Gasteiger charge is 2.22. The number of rotatable bonds is 12. The van der Waals surface area contributed by atoms with Crippen LogP contribution in [0.4, 0.5) is 0 Å². The number of pyridine rings is 1. The molecule has 1 unspecified atom stereocenters. The molecule has 40 heavy (non-hydrogen) atoms. The number of aromatic nitrogens is 1. The Hall–Kier alpha value is -3.81. The van der Waals surface area contributed by atoms with Crippen molar-refractivity contribution in [1.29, 1.82) is 0 Å². The fraction of sp³-hybridized carbons (Fsp3) is 0.219. The summed E-state index contributed by atoms with van der Waals surface area (Å²) in [4.78, 5) is 29.5. The lowest BCUT2D eigenvalue weighted by atomic mass is 9.92. The Morgan fingerprint density at radius 3 is 2.40 bits per heavy atom. The van der Waals surface area contributed by atoms with E-state index < -0.39 is 17.9 Å². The first kappa shape index (κ1) is 29.2. The van der Waals surface area contributed by atoms with Gasteiger partial charge in [-0.05, 0) is 84.2 Å². The van der Waals surface area contributed by atoms with Gasteiger partial charge in [0.1, 0.15) is 11.8 Å². The number of halogens is 1. The normalized spacial score (nSPS) is 11.6. The van der Waals surface area contributed by atoms with E-state index in [1.807, 2.05) is 73.8 Å². The molecule has 0 aliphatic rings. The van der Waals surface area contributed by atoms with Crippen molar-refractivity contribution in [3.05, 3.63) is 112 Å². The summed E-state index contributed by atoms with van der Waals surface area (Å²) in [5.41, 5.74) is 5.31. The van der Waals surface area contributed by atoms with Crippen LogP contribution in [0.15, 0.2) is 85.1 Å². The van der Waals surface area contributed by atoms with E-state index in [4.69, 9.17) is 16.3 Å². The highest BCUT2D eigenvalue weighted by molar-refractivity contribution is 7.98. The van der Waals surface area contributed by atoms with E-state index in [0.717, 1.165) is 40.7 Å². The van der Waals surface area contributed by atoms with Crippen molar-refractivity contribution < 1.29 is 19.4 Å². The lowest BCUT2D eigenvalue weighted by molar-refractivity contribution is -0.139. The molecule has 1 heterocycles. The quantitative estimate of drug-likeness (QED) is 0.186. The minimum atomic E-state index is -1.03. The van der Waals surface area contributed by atoms with Crippen LogP contribution in [0.25, 0.3) is 11.1 Å². The standard InChI is InChI=1S/C32H31ClN2O4S/c1-21-7-3-4-8-24(21)26-19-22(13-15-25(26)31(36)35-28(32(37)38)17-18-40-2)11-12-23-14-16-30(34-20-23)39-29-10-6-5-9-27(29)33/h3-10,13-16,19-20,28H,11-12,17-18H2,1-2H3,(H,35,36)(H,37,38). The van der Waals surface area contributed by atoms with Gasteiger partial charge in [-0.25, -0.2) is 9.78 Å². The van der Waals surface area contributed by atoms with Crippen molar-refractivity contribution >= 4 is 35.2 Å². The number of hydrogen-bond acceptors (Lipinski definition) is 5. The van der Waals surface area contributed by atoms with Crippen LogP contribution in [-0.2, 0) is 17.6 Å². The van der Waals surface area contributed by atoms with Gasteiger partial charge in [0.05, 0.1) is 5.02 Å². The summed E-state index contributed by atoms with van der Waals surface area (Å²) in [7, 11) is 0. The van der Waals surface area contributed by atoms with Gasteiger partial charge in [-0.1, -0.05) is 66.2 Å². The zero-order chi connectivity index (χ0) is 28.5. The maximum Gasteiger partial charge on any atom is 0.326 e. The predicted molar refractivity (Wildman–Crippen MR) is 162 cm³/mol. The Morgan fingerprint density at radius 2 is 1.70 bits per heavy atom. The second kappa shape index (κ2) is 14.0. The summed E-state index contributed by atoms with van der Waals surface area (Å²) in [6, 6.07) is 23.7. The number of carboxylic acid groups (broad SMARTS) is 1. The van der Waals surface area contributed by atoms with Gasteiger partial charge in [0, 0.05) is 17.8 Å². The number of para-hydroxylation sites is 1. The third-order valence-corrected chi connectivity index (χ3v) is 7.49. The molecule has 6 nitrogen and oxygen atoms in total. The number of aryl methyl sites for hydroxylation is 3. The number of thioether (sulfide) groups is 1. The number of hydrogen-bond donors (Lipinski definition) is 2. The summed E-state index contributed by atoms with van der Waals surface area (Å²) < 4.78 is 5.78. The molecule has 1 aromatic heterocycles. The molecule has 1 amide bonds. The second-order valence-electron chi connectivity index (χ2n) is 9.38. The number of ether oxygens (including phenoxy) is 1. The van der Waals surface area contributed by atoms with Crippen LogP contribution in [0.1, 0.15) is 33.5 Å². The minimum absolute atomic E-state index is 0.357. The molecule has 1 atom stereocenters. The predicted octanol–water partition coefficient (Wildman–Crippen LogP) is 7.22. The molecular weight excluding hydrogens is 544 g/mol. The topological polar surface area (TPSA) is 88.5 Å². The number of benzene rings is 3. The Morgan fingerprint density at radius 1 is 0.975 bits per heavy atom. The number of carboxylic acids is 1. The number of carbonyl (C=O) groups excluding carboxylic acids is 1. The first-order valence-corrected chi connectivity index (χ1v) is 14.7. The van der Waals surface area contributed by atoms with Crippen molar-refractivity contribution in [3.63, 3.8) is 0 Å². The molecule has 0 aliphatic carbocycles. The SMILES string of the molecule is CSCCC(NC(=O)c1ccc(CCc2ccc(Oc3ccccc3Cl)nc2)cc1-c1ccccc1C)C(=O)O. The number of amides is 1. The molecular formula is C32H31ClN2O4S. The van der Waals surface area contributed by atoms with Crippen molar-refractivity contribution in [1.82, 2.24) is 10.3 Å². The number of nitrogens with zero attached hydrogens (tertiary/aromatic N) is 1. The molecule has 0 saturated heterocycles. The van der Waals surface area contributed by atoms with Crippen LogP contribution >= 0.6 is 23.4 Å². The number of carbonyl (C=O) groups is 2. The Kier molecular flexibility index (Phi) is 10.2. The summed E-state index contributed by atoms with van der Waals surface area (Å²) >= 11 is 7.72. The van der Waals surface area contributed by atoms with Crippen molar-refractivity contribution in [2.75, 3.05) is 12.0 Å². The van der Waals surface area contributed by atoms with Crippen molar-refractivity contribution in [2.24, 2.45) is 0 Å². The van der Waals surface area contributed by atoms with E-state index in [-0.39, 0.29) is 0 Å². The highest BCUT2D eigenvalue weighted by Crippen LogP contribution is 2.30. The summed E-state index contributed by atoms with van der Waals surface area (Å²) in [5.74, 6) is 0.232. The average Bonchev–Trinajstić information content (AvgIpc) is 2.96. The van der Waals surface area contributed by atoms with Crippen molar-refractivity contribution in [3.8, 4) is 22.8 Å². The van der Waals surface area contributed by atoms with Gasteiger partial charge >= 0.3 is 5.97 Å². The maximum atomic E-state index is 13.3. The van der Waals surface area contributed by atoms with E-state index in [0.29, 0.717) is 34.4 Å². The van der Waals surface area contributed by atoms with E-state index in [1.165, 1.54) is 0 Å². The van der Waals surface area contributed by atoms with Crippen LogP contribution in [0.3, 0.4) is 0 Å². The first-order chi connectivity index (χ1) is 19.4. The third kappa shape index (κ3) is 7.64. The fourth-order valence-electron chi connectivity index (χ4n) is 4.32. The lowest BCUT2D eigenvalue weighted by Crippen LogP contribution is -2.41. The molecule has 0 bridgehead atoms. The van der Waals surface area contributed by atoms with Crippen LogP contribution in [-0.4, -0.2) is 40.0 Å². The second-order valence-corrected chi connectivity index (χ2v) is 10.8. The monoisotopic (exact) mass is 574 g/mol. The minimum Gasteiger partial charge on any atom is -0.480 e. The third-order valence-electron chi connectivity index (χ3n) is 6.53. The van der Waals surface area contributed by atoms with E-state index >= 15 is 0 Å². The van der Waals surface area contributed by atoms with Gasteiger partial charge in [-0.3, -0.25) is 4.79 Å². The van der Waals surface area contributed by atoms with Gasteiger partial charge in [0.2, 0.25) is 5.88 Å². The van der Waals surface area contributed by atoms with E-state index in [9.17, 15) is 14.7 Å². The molecule has 0 fully saturated rings. The van der Waals surface area contributed by atoms with Crippen LogP contribution in [0.2, 0.25) is 5.02 Å². The highest BCUT2D eigenvalue weighted by atomic mass is 35.5. The summed E-state index contributed by atoms with van der Waals surface area (Å²) in [6.45, 7) is 2.00. The van der Waals surface area contributed by atoms with Crippen molar-refractivity contribution in [2.45, 2.75) is 32.2 Å². The zero-order valence-corrected chi connectivity index (χ0v) is 24.0. The van der Waals surface area contributed by atoms with Crippen LogP contribution in [0, 0.1) is 6.92 Å². The molecule has 8 heteroatoms. The molecule has 0 saturated carbocycles. The number of nitrogens with one attached hydrogen (secondary N) is 1. The zero-order valence-electron chi connectivity index (χ0n) is 22.4. The molecule has 206 valence electrons. The molecule has 2 N–H and O–H groups in total. The Labute approximate surface area is 243 Å². The van der Waals surface area contributed by atoms with Gasteiger partial charge in [-0.2, -0.15) is 11.8 Å². The summed E-state index contributed by atoms with van der Waals surface area (Å²) in [6.07, 6.45) is 5.54. The average molecular weight is 575 g/mol. The van der Waals surface area contributed by atoms with Gasteiger partial charge in [0.15, 0.2) is 0 Å². The largest absolute Gasteiger partial charge is 0.480 e. The van der Waals surface area contributed by atoms with E-state index in [1.54, 1.807) is 36.2 Å². The van der Waals surface area contributed by atoms with E-state index in [2.05, 4.69) is 10.3 Å². The Bertz CT molecular complexity index is 1480. The molecule has 0 aliphatic heterocycles. The fourth-order valence-corrected chi connectivity index (χ4v) is 4.97. The van der Waals surface area contributed by atoms with Gasteiger partial charge < -0.3 is 15.2 Å². The van der Waals surface area contributed by atoms with Gasteiger partial charge in [0.25, 0.3) is 5.91 Å². The molecule has 4 rings (SSSR count). The molecule has 0 radical (unpaired) electrons. The summed E-state index contributed by atoms with van der Waals surface area (Å²) in [5, 5.41) is 12.9. The van der Waals surface area contributed by atoms with Crippen LogP contribution in [0.5, 0.6) is 11.6 Å². The van der Waals surface area contributed by atoms with Gasteiger partial charge in [-0.15, -0.1) is 0 Å². The molecule has 3 aromatic carbocycles. The smallest absolute Gasteiger partial charge is 0.326 e. The molecule has 0 spiro atoms. The maximum absolute atomic E-state index is 13.3. The Balaban J connectivity index is 1.52. The number of aliphatic carboxylic acids is 1.